The van der Waals surface area contributed by atoms with Gasteiger partial charge in [-0.1, -0.05) is 0 Å². The van der Waals surface area contributed by atoms with Gasteiger partial charge in [0.25, 0.3) is 0 Å². The average Bonchev–Trinajstić information content (AvgIpc) is 3.01. The number of nitrogens with zero attached hydrogens (tertiary/aromatic N) is 4. The summed E-state index contributed by atoms with van der Waals surface area (Å²) in [6.07, 6.45) is 3.02. The van der Waals surface area contributed by atoms with Crippen LogP contribution in [-0.4, -0.2) is 44.3 Å². The van der Waals surface area contributed by atoms with Crippen molar-refractivity contribution in [3.05, 3.63) is 33.8 Å². The molecule has 0 unspecified atom stereocenters. The molecule has 3 rings (SSSR count). The van der Waals surface area contributed by atoms with Crippen molar-refractivity contribution in [3.63, 3.8) is 0 Å². The van der Waals surface area contributed by atoms with Gasteiger partial charge in [-0.15, -0.1) is 11.3 Å². The van der Waals surface area contributed by atoms with E-state index in [1.165, 1.54) is 5.69 Å². The van der Waals surface area contributed by atoms with Crippen molar-refractivity contribution in [2.24, 2.45) is 0 Å². The van der Waals surface area contributed by atoms with Crippen LogP contribution in [0.25, 0.3) is 0 Å². The van der Waals surface area contributed by atoms with Crippen LogP contribution in [0.1, 0.15) is 28.5 Å². The number of hydrogen-bond acceptors (Lipinski definition) is 6. The van der Waals surface area contributed by atoms with Crippen molar-refractivity contribution in [2.75, 3.05) is 19.8 Å². The van der Waals surface area contributed by atoms with E-state index in [-0.39, 0.29) is 6.61 Å². The molecular weight excluding hydrogens is 300 g/mol. The normalized spacial score (nSPS) is 15.7. The zero-order valence-electron chi connectivity index (χ0n) is 12.9. The van der Waals surface area contributed by atoms with E-state index >= 15 is 0 Å². The lowest BCUT2D eigenvalue weighted by molar-refractivity contribution is 0.0790. The number of aryl methyl sites for hydroxylation is 2. The Morgan fingerprint density at radius 2 is 2.32 bits per heavy atom. The van der Waals surface area contributed by atoms with E-state index < -0.39 is 0 Å². The molecule has 6 nitrogen and oxygen atoms in total. The summed E-state index contributed by atoms with van der Waals surface area (Å²) in [6.45, 7) is 6.72. The maximum atomic E-state index is 8.82. The SMILES string of the molecule is Cc1nc(CN2CCCn3cnc(COCCO)c3C2)cs1. The topological polar surface area (TPSA) is 63.4 Å². The highest BCUT2D eigenvalue weighted by Gasteiger charge is 2.19. The quantitative estimate of drug-likeness (QED) is 0.818. The van der Waals surface area contributed by atoms with Crippen molar-refractivity contribution >= 4 is 11.3 Å². The van der Waals surface area contributed by atoms with E-state index in [2.05, 4.69) is 24.8 Å². The molecule has 2 aromatic heterocycles. The molecular formula is C15H22N4O2S. The molecule has 0 fully saturated rings. The predicted molar refractivity (Wildman–Crippen MR) is 84.6 cm³/mol. The standard InChI is InChI=1S/C15H22N4O2S/c1-12-17-13(10-22-12)7-18-3-2-4-19-11-16-14(15(19)8-18)9-21-6-5-20/h10-11,20H,2-9H2,1H3. The number of fused-ring (bicyclic) bond motifs is 1. The first-order valence-corrected chi connectivity index (χ1v) is 8.49. The molecule has 0 saturated carbocycles. The van der Waals surface area contributed by atoms with Gasteiger partial charge in [0.1, 0.15) is 0 Å². The number of ether oxygens (including phenoxy) is 1. The van der Waals surface area contributed by atoms with Crippen LogP contribution in [0, 0.1) is 6.92 Å². The third-order valence-electron chi connectivity index (χ3n) is 3.81. The fourth-order valence-electron chi connectivity index (χ4n) is 2.78. The molecule has 0 bridgehead atoms. The van der Waals surface area contributed by atoms with Gasteiger partial charge in [-0.05, 0) is 13.3 Å². The van der Waals surface area contributed by atoms with Gasteiger partial charge in [0, 0.05) is 31.6 Å². The van der Waals surface area contributed by atoms with Crippen molar-refractivity contribution in [3.8, 4) is 0 Å². The molecule has 1 N–H and O–H groups in total. The highest BCUT2D eigenvalue weighted by atomic mass is 32.1. The number of aromatic nitrogens is 3. The first-order chi connectivity index (χ1) is 10.8. The van der Waals surface area contributed by atoms with Gasteiger partial charge in [-0.2, -0.15) is 0 Å². The van der Waals surface area contributed by atoms with Gasteiger partial charge in [-0.3, -0.25) is 4.90 Å². The average molecular weight is 322 g/mol. The molecule has 1 aliphatic rings. The highest BCUT2D eigenvalue weighted by molar-refractivity contribution is 7.09. The van der Waals surface area contributed by atoms with Crippen LogP contribution in [0.15, 0.2) is 11.7 Å². The number of aliphatic hydroxyl groups excluding tert-OH is 1. The molecule has 1 aliphatic heterocycles. The van der Waals surface area contributed by atoms with Gasteiger partial charge in [0.15, 0.2) is 0 Å². The molecule has 0 saturated heterocycles. The summed E-state index contributed by atoms with van der Waals surface area (Å²) in [6, 6.07) is 0. The number of rotatable bonds is 6. The van der Waals surface area contributed by atoms with Crippen LogP contribution in [0.4, 0.5) is 0 Å². The first kappa shape index (κ1) is 15.6. The first-order valence-electron chi connectivity index (χ1n) is 7.61. The Hall–Kier alpha value is -1.28. The lowest BCUT2D eigenvalue weighted by atomic mass is 10.3. The van der Waals surface area contributed by atoms with Crippen LogP contribution in [-0.2, 0) is 31.0 Å². The molecule has 7 heteroatoms. The highest BCUT2D eigenvalue weighted by Crippen LogP contribution is 2.19. The monoisotopic (exact) mass is 322 g/mol. The second-order valence-corrected chi connectivity index (χ2v) is 6.59. The lowest BCUT2D eigenvalue weighted by Crippen LogP contribution is -2.23. The summed E-state index contributed by atoms with van der Waals surface area (Å²) in [5.41, 5.74) is 3.35. The Morgan fingerprint density at radius 3 is 3.09 bits per heavy atom. The third-order valence-corrected chi connectivity index (χ3v) is 4.63. The van der Waals surface area contributed by atoms with E-state index in [1.54, 1.807) is 11.3 Å². The maximum Gasteiger partial charge on any atom is 0.0953 e. The molecule has 2 aromatic rings. The summed E-state index contributed by atoms with van der Waals surface area (Å²) in [5.74, 6) is 0. The van der Waals surface area contributed by atoms with Crippen LogP contribution in [0.5, 0.6) is 0 Å². The zero-order chi connectivity index (χ0) is 15.4. The van der Waals surface area contributed by atoms with E-state index in [9.17, 15) is 0 Å². The largest absolute Gasteiger partial charge is 0.394 e. The van der Waals surface area contributed by atoms with Crippen molar-refractivity contribution in [1.82, 2.24) is 19.4 Å². The van der Waals surface area contributed by atoms with E-state index in [1.807, 2.05) is 13.3 Å². The Labute approximate surface area is 134 Å². The van der Waals surface area contributed by atoms with Gasteiger partial charge >= 0.3 is 0 Å². The Kier molecular flexibility index (Phi) is 5.20. The third kappa shape index (κ3) is 3.73. The maximum absolute atomic E-state index is 8.82. The minimum absolute atomic E-state index is 0.0470. The molecule has 0 amide bonds. The molecule has 0 spiro atoms. The number of imidazole rings is 1. The van der Waals surface area contributed by atoms with Crippen molar-refractivity contribution < 1.29 is 9.84 Å². The molecule has 22 heavy (non-hydrogen) atoms. The van der Waals surface area contributed by atoms with Crippen molar-refractivity contribution in [2.45, 2.75) is 39.6 Å². The fraction of sp³-hybridized carbons (Fsp3) is 0.600. The van der Waals surface area contributed by atoms with Gasteiger partial charge in [0.05, 0.1) is 48.2 Å². The summed E-state index contributed by atoms with van der Waals surface area (Å²) < 4.78 is 7.66. The van der Waals surface area contributed by atoms with Gasteiger partial charge in [0.2, 0.25) is 0 Å². The molecule has 0 atom stereocenters. The second-order valence-electron chi connectivity index (χ2n) is 5.53. The Morgan fingerprint density at radius 1 is 1.41 bits per heavy atom. The summed E-state index contributed by atoms with van der Waals surface area (Å²) in [7, 11) is 0. The van der Waals surface area contributed by atoms with E-state index in [4.69, 9.17) is 9.84 Å². The summed E-state index contributed by atoms with van der Waals surface area (Å²) >= 11 is 1.70. The van der Waals surface area contributed by atoms with Crippen LogP contribution >= 0.6 is 11.3 Å². The zero-order valence-corrected chi connectivity index (χ0v) is 13.7. The van der Waals surface area contributed by atoms with Gasteiger partial charge < -0.3 is 14.4 Å². The minimum Gasteiger partial charge on any atom is -0.394 e. The van der Waals surface area contributed by atoms with E-state index in [0.717, 1.165) is 49.0 Å². The number of aliphatic hydroxyl groups is 1. The van der Waals surface area contributed by atoms with E-state index in [0.29, 0.717) is 13.2 Å². The number of thiazole rings is 1. The summed E-state index contributed by atoms with van der Waals surface area (Å²) in [4.78, 5) is 11.5. The molecule has 0 aromatic carbocycles. The van der Waals surface area contributed by atoms with Crippen LogP contribution in [0.2, 0.25) is 0 Å². The summed E-state index contributed by atoms with van der Waals surface area (Å²) in [5, 5.41) is 12.1. The van der Waals surface area contributed by atoms with Crippen molar-refractivity contribution in [1.29, 1.82) is 0 Å². The molecule has 120 valence electrons. The van der Waals surface area contributed by atoms with Crippen LogP contribution in [0.3, 0.4) is 0 Å². The fourth-order valence-corrected chi connectivity index (χ4v) is 3.38. The minimum atomic E-state index is 0.0470. The Bertz CT molecular complexity index is 610. The van der Waals surface area contributed by atoms with Crippen LogP contribution < -0.4 is 0 Å². The Balaban J connectivity index is 1.69. The lowest BCUT2D eigenvalue weighted by Gasteiger charge is -2.19. The van der Waals surface area contributed by atoms with Gasteiger partial charge in [-0.25, -0.2) is 9.97 Å². The second kappa shape index (κ2) is 7.32. The smallest absolute Gasteiger partial charge is 0.0953 e. The molecule has 3 heterocycles. The molecule has 0 radical (unpaired) electrons. The predicted octanol–water partition coefficient (Wildman–Crippen LogP) is 1.56. The number of hydrogen-bond donors (Lipinski definition) is 1. The molecule has 0 aliphatic carbocycles.